The van der Waals surface area contributed by atoms with E-state index in [-0.39, 0.29) is 0 Å². The van der Waals surface area contributed by atoms with Gasteiger partial charge in [-0.2, -0.15) is 11.8 Å². The highest BCUT2D eigenvalue weighted by Gasteiger charge is 2.16. The average molecular weight is 273 g/mol. The molecule has 17 heavy (non-hydrogen) atoms. The quantitative estimate of drug-likeness (QED) is 0.827. The lowest BCUT2D eigenvalue weighted by Gasteiger charge is -2.08. The fourth-order valence-corrected chi connectivity index (χ4v) is 3.48. The van der Waals surface area contributed by atoms with Crippen LogP contribution in [0.3, 0.4) is 0 Å². The van der Waals surface area contributed by atoms with Crippen LogP contribution in [0.1, 0.15) is 31.9 Å². The maximum Gasteiger partial charge on any atom is 0.134 e. The average Bonchev–Trinajstić information content (AvgIpc) is 2.98. The van der Waals surface area contributed by atoms with Crippen molar-refractivity contribution in [3.05, 3.63) is 5.69 Å². The molecule has 1 atom stereocenters. The second-order valence-electron chi connectivity index (χ2n) is 4.13. The molecule has 1 aromatic rings. The van der Waals surface area contributed by atoms with Crippen molar-refractivity contribution in [2.75, 3.05) is 24.2 Å². The lowest BCUT2D eigenvalue weighted by molar-refractivity contribution is 0.129. The van der Waals surface area contributed by atoms with Gasteiger partial charge in [0.15, 0.2) is 0 Å². The highest BCUT2D eigenvalue weighted by molar-refractivity contribution is 7.98. The van der Waals surface area contributed by atoms with Crippen molar-refractivity contribution in [2.45, 2.75) is 38.0 Å². The molecule has 1 aliphatic rings. The number of nitrogens with one attached hydrogen (secondary N) is 1. The summed E-state index contributed by atoms with van der Waals surface area (Å²) in [5, 5.41) is 8.68. The van der Waals surface area contributed by atoms with Gasteiger partial charge in [-0.15, -0.1) is 5.10 Å². The Hall–Kier alpha value is -0.330. The first kappa shape index (κ1) is 13.1. The second kappa shape index (κ2) is 7.18. The van der Waals surface area contributed by atoms with Crippen LogP contribution >= 0.6 is 23.3 Å². The van der Waals surface area contributed by atoms with Gasteiger partial charge in [-0.05, 0) is 19.3 Å². The van der Waals surface area contributed by atoms with Crippen molar-refractivity contribution in [2.24, 2.45) is 0 Å². The van der Waals surface area contributed by atoms with E-state index in [1.807, 2.05) is 11.8 Å². The van der Waals surface area contributed by atoms with E-state index in [9.17, 15) is 0 Å². The molecule has 1 aromatic heterocycles. The molecular weight excluding hydrogens is 254 g/mol. The molecule has 0 spiro atoms. The Labute approximate surface area is 111 Å². The van der Waals surface area contributed by atoms with Crippen LogP contribution in [0.4, 0.5) is 5.00 Å². The van der Waals surface area contributed by atoms with E-state index in [1.54, 1.807) is 0 Å². The summed E-state index contributed by atoms with van der Waals surface area (Å²) in [7, 11) is 0. The van der Waals surface area contributed by atoms with Gasteiger partial charge in [0.1, 0.15) is 10.7 Å². The third-order valence-corrected chi connectivity index (χ3v) is 4.47. The number of thioether (sulfide) groups is 1. The van der Waals surface area contributed by atoms with Crippen molar-refractivity contribution >= 4 is 28.3 Å². The van der Waals surface area contributed by atoms with E-state index in [0.717, 1.165) is 41.8 Å². The topological polar surface area (TPSA) is 47.0 Å². The van der Waals surface area contributed by atoms with Crippen LogP contribution in [-0.2, 0) is 10.5 Å². The van der Waals surface area contributed by atoms with Crippen molar-refractivity contribution in [1.29, 1.82) is 0 Å². The molecule has 2 rings (SSSR count). The van der Waals surface area contributed by atoms with Gasteiger partial charge in [0.25, 0.3) is 0 Å². The first-order valence-electron chi connectivity index (χ1n) is 6.14. The van der Waals surface area contributed by atoms with Crippen molar-refractivity contribution in [3.8, 4) is 0 Å². The van der Waals surface area contributed by atoms with E-state index >= 15 is 0 Å². The Balaban J connectivity index is 1.72. The zero-order valence-corrected chi connectivity index (χ0v) is 11.8. The summed E-state index contributed by atoms with van der Waals surface area (Å²) in [6.45, 7) is 4.09. The maximum atomic E-state index is 5.60. The molecular formula is C11H19N3OS2. The van der Waals surface area contributed by atoms with Gasteiger partial charge in [0.05, 0.1) is 6.10 Å². The number of anilines is 1. The molecule has 0 aliphatic carbocycles. The molecule has 4 nitrogen and oxygen atoms in total. The highest BCUT2D eigenvalue weighted by Crippen LogP contribution is 2.24. The van der Waals surface area contributed by atoms with Crippen molar-refractivity contribution in [3.63, 3.8) is 0 Å². The highest BCUT2D eigenvalue weighted by atomic mass is 32.2. The van der Waals surface area contributed by atoms with Gasteiger partial charge < -0.3 is 10.1 Å². The third-order valence-electron chi connectivity index (χ3n) is 2.66. The summed E-state index contributed by atoms with van der Waals surface area (Å²) in [4.78, 5) is 0. The molecule has 1 unspecified atom stereocenters. The molecule has 1 fully saturated rings. The number of aromatic nitrogens is 2. The zero-order valence-electron chi connectivity index (χ0n) is 10.1. The minimum Gasteiger partial charge on any atom is -0.377 e. The molecule has 0 aromatic carbocycles. The van der Waals surface area contributed by atoms with E-state index in [0.29, 0.717) is 6.10 Å². The molecule has 0 saturated carbocycles. The standard InChI is InChI=1S/C11H19N3OS2/c1-2-5-12-11-10(13-14-17-11)8-16-7-9-4-3-6-15-9/h9,12H,2-8H2,1H3. The minimum absolute atomic E-state index is 0.457. The zero-order chi connectivity index (χ0) is 11.9. The van der Waals surface area contributed by atoms with Crippen LogP contribution in [0, 0.1) is 0 Å². The molecule has 1 N–H and O–H groups in total. The number of hydrogen-bond donors (Lipinski definition) is 1. The number of hydrogen-bond acceptors (Lipinski definition) is 6. The number of rotatable bonds is 7. The summed E-state index contributed by atoms with van der Waals surface area (Å²) < 4.78 is 9.61. The Bertz CT molecular complexity index is 326. The largest absolute Gasteiger partial charge is 0.377 e. The predicted molar refractivity (Wildman–Crippen MR) is 73.8 cm³/mol. The Kier molecular flexibility index (Phi) is 5.54. The fourth-order valence-electron chi connectivity index (χ4n) is 1.74. The molecule has 96 valence electrons. The Morgan fingerprint density at radius 3 is 3.29 bits per heavy atom. The fraction of sp³-hybridized carbons (Fsp3) is 0.818. The van der Waals surface area contributed by atoms with Crippen LogP contribution in [0.5, 0.6) is 0 Å². The van der Waals surface area contributed by atoms with Crippen LogP contribution in [-0.4, -0.2) is 34.6 Å². The summed E-state index contributed by atoms with van der Waals surface area (Å²) in [6.07, 6.45) is 4.01. The number of nitrogens with zero attached hydrogens (tertiary/aromatic N) is 2. The Morgan fingerprint density at radius 1 is 1.59 bits per heavy atom. The smallest absolute Gasteiger partial charge is 0.134 e. The summed E-state index contributed by atoms with van der Waals surface area (Å²) >= 11 is 3.35. The molecule has 1 saturated heterocycles. The van der Waals surface area contributed by atoms with Crippen LogP contribution in [0.15, 0.2) is 0 Å². The SMILES string of the molecule is CCCNc1snnc1CSCC1CCCO1. The monoisotopic (exact) mass is 273 g/mol. The minimum atomic E-state index is 0.457. The van der Waals surface area contributed by atoms with Crippen molar-refractivity contribution < 1.29 is 4.74 Å². The second-order valence-corrected chi connectivity index (χ2v) is 5.91. The van der Waals surface area contributed by atoms with Crippen LogP contribution < -0.4 is 5.32 Å². The molecule has 6 heteroatoms. The molecule has 0 amide bonds. The van der Waals surface area contributed by atoms with E-state index < -0.39 is 0 Å². The lowest BCUT2D eigenvalue weighted by atomic mass is 10.3. The van der Waals surface area contributed by atoms with Gasteiger partial charge in [-0.3, -0.25) is 0 Å². The van der Waals surface area contributed by atoms with E-state index in [4.69, 9.17) is 4.74 Å². The predicted octanol–water partition coefficient (Wildman–Crippen LogP) is 2.77. The molecule has 0 bridgehead atoms. The van der Waals surface area contributed by atoms with Crippen molar-refractivity contribution in [1.82, 2.24) is 9.59 Å². The third kappa shape index (κ3) is 4.12. The van der Waals surface area contributed by atoms with Gasteiger partial charge >= 0.3 is 0 Å². The van der Waals surface area contributed by atoms with Gasteiger partial charge in [-0.25, -0.2) is 0 Å². The summed E-state index contributed by atoms with van der Waals surface area (Å²) in [5.41, 5.74) is 1.09. The molecule has 1 aliphatic heterocycles. The first-order chi connectivity index (χ1) is 8.40. The van der Waals surface area contributed by atoms with Gasteiger partial charge in [0.2, 0.25) is 0 Å². The normalized spacial score (nSPS) is 19.7. The van der Waals surface area contributed by atoms with Crippen LogP contribution in [0.2, 0.25) is 0 Å². The molecule has 0 radical (unpaired) electrons. The van der Waals surface area contributed by atoms with Gasteiger partial charge in [-0.1, -0.05) is 11.4 Å². The van der Waals surface area contributed by atoms with E-state index in [2.05, 4.69) is 21.8 Å². The Morgan fingerprint density at radius 2 is 2.53 bits per heavy atom. The van der Waals surface area contributed by atoms with Gasteiger partial charge in [0, 0.05) is 36.2 Å². The summed E-state index contributed by atoms with van der Waals surface area (Å²) in [5.74, 6) is 2.01. The lowest BCUT2D eigenvalue weighted by Crippen LogP contribution is -2.08. The van der Waals surface area contributed by atoms with Crippen LogP contribution in [0.25, 0.3) is 0 Å². The molecule has 2 heterocycles. The number of ether oxygens (including phenoxy) is 1. The maximum absolute atomic E-state index is 5.60. The first-order valence-corrected chi connectivity index (χ1v) is 8.07. The van der Waals surface area contributed by atoms with E-state index in [1.165, 1.54) is 24.4 Å². The summed E-state index contributed by atoms with van der Waals surface area (Å²) in [6, 6.07) is 0.